The van der Waals surface area contributed by atoms with Crippen LogP contribution in [-0.4, -0.2) is 81.2 Å². The van der Waals surface area contributed by atoms with E-state index in [1.54, 1.807) is 18.9 Å². The molecular weight excluding hydrogens is 552 g/mol. The van der Waals surface area contributed by atoms with Crippen LogP contribution in [0, 0.1) is 0 Å². The van der Waals surface area contributed by atoms with Gasteiger partial charge in [0.05, 0.1) is 31.6 Å². The standard InChI is InChI=1S/C33H39ClN4O4/c1-25(39)38-14-6-13-35(23-26-7-4-3-5-8-26)15-16-37(24-27-9-10-28(34)21-31(27)38)33(40)30-22-29(11-12-32(30)41-2)36-17-19-42-20-18-36/h3-5,7-12,21-22H,6,13-20,23-24H2,1-2H3. The summed E-state index contributed by atoms with van der Waals surface area (Å²) in [6.45, 7) is 8.08. The second-order valence-corrected chi connectivity index (χ2v) is 11.2. The first-order valence-corrected chi connectivity index (χ1v) is 14.9. The molecule has 222 valence electrons. The Morgan fingerprint density at radius 1 is 0.905 bits per heavy atom. The van der Waals surface area contributed by atoms with Gasteiger partial charge in [0, 0.05) is 70.0 Å². The molecule has 2 amide bonds. The summed E-state index contributed by atoms with van der Waals surface area (Å²) in [4.78, 5) is 35.5. The molecule has 3 aromatic carbocycles. The molecular formula is C33H39ClN4O4. The zero-order valence-corrected chi connectivity index (χ0v) is 25.2. The molecule has 0 unspecified atom stereocenters. The number of anilines is 2. The Morgan fingerprint density at radius 3 is 2.43 bits per heavy atom. The van der Waals surface area contributed by atoms with Crippen molar-refractivity contribution in [2.45, 2.75) is 26.4 Å². The number of hydrogen-bond donors (Lipinski definition) is 0. The van der Waals surface area contributed by atoms with Crippen molar-refractivity contribution in [1.82, 2.24) is 9.80 Å². The molecule has 2 aliphatic heterocycles. The first kappa shape index (κ1) is 29.9. The van der Waals surface area contributed by atoms with Gasteiger partial charge in [0.25, 0.3) is 5.91 Å². The largest absolute Gasteiger partial charge is 0.496 e. The summed E-state index contributed by atoms with van der Waals surface area (Å²) in [6, 6.07) is 21.7. The fourth-order valence-corrected chi connectivity index (χ4v) is 5.87. The van der Waals surface area contributed by atoms with Gasteiger partial charge in [-0.25, -0.2) is 0 Å². The van der Waals surface area contributed by atoms with Crippen molar-refractivity contribution >= 4 is 34.8 Å². The smallest absolute Gasteiger partial charge is 0.258 e. The van der Waals surface area contributed by atoms with Gasteiger partial charge in [-0.05, 0) is 47.9 Å². The lowest BCUT2D eigenvalue weighted by atomic mass is 10.1. The number of benzene rings is 3. The van der Waals surface area contributed by atoms with Crippen molar-refractivity contribution in [2.24, 2.45) is 0 Å². The molecule has 0 spiro atoms. The van der Waals surface area contributed by atoms with E-state index in [2.05, 4.69) is 21.9 Å². The number of morpholine rings is 1. The maximum Gasteiger partial charge on any atom is 0.258 e. The number of carbonyl (C=O) groups is 2. The molecule has 1 fully saturated rings. The SMILES string of the molecule is COc1ccc(N2CCOCC2)cc1C(=O)N1CCN(Cc2ccccc2)CCCN(C(C)=O)c2cc(Cl)ccc2C1. The molecule has 3 aromatic rings. The minimum absolute atomic E-state index is 0.0508. The molecule has 42 heavy (non-hydrogen) atoms. The molecule has 8 nitrogen and oxygen atoms in total. The summed E-state index contributed by atoms with van der Waals surface area (Å²) in [6.07, 6.45) is 0.793. The molecule has 0 atom stereocenters. The number of halogens is 1. The molecule has 0 aromatic heterocycles. The van der Waals surface area contributed by atoms with E-state index in [1.165, 1.54) is 5.56 Å². The maximum atomic E-state index is 14.4. The van der Waals surface area contributed by atoms with Gasteiger partial charge in [-0.1, -0.05) is 48.0 Å². The average molecular weight is 591 g/mol. The average Bonchev–Trinajstić information content (AvgIpc) is 3.04. The lowest BCUT2D eigenvalue weighted by Crippen LogP contribution is -2.39. The van der Waals surface area contributed by atoms with Gasteiger partial charge in [-0.15, -0.1) is 0 Å². The number of ether oxygens (including phenoxy) is 2. The molecule has 0 aliphatic carbocycles. The summed E-state index contributed by atoms with van der Waals surface area (Å²) in [5.74, 6) is 0.371. The number of nitrogens with zero attached hydrogens (tertiary/aromatic N) is 4. The van der Waals surface area contributed by atoms with Crippen LogP contribution < -0.4 is 14.5 Å². The van der Waals surface area contributed by atoms with Crippen LogP contribution in [0.15, 0.2) is 66.7 Å². The first-order chi connectivity index (χ1) is 20.4. The van der Waals surface area contributed by atoms with E-state index >= 15 is 0 Å². The van der Waals surface area contributed by atoms with Gasteiger partial charge < -0.3 is 24.2 Å². The second-order valence-electron chi connectivity index (χ2n) is 10.8. The molecule has 2 heterocycles. The minimum atomic E-state index is -0.115. The Kier molecular flexibility index (Phi) is 10.00. The Balaban J connectivity index is 1.51. The predicted octanol–water partition coefficient (Wildman–Crippen LogP) is 5.09. The predicted molar refractivity (Wildman–Crippen MR) is 167 cm³/mol. The van der Waals surface area contributed by atoms with Crippen molar-refractivity contribution < 1.29 is 19.1 Å². The van der Waals surface area contributed by atoms with E-state index in [4.69, 9.17) is 21.1 Å². The van der Waals surface area contributed by atoms with E-state index in [9.17, 15) is 9.59 Å². The van der Waals surface area contributed by atoms with E-state index in [1.807, 2.05) is 59.5 Å². The molecule has 9 heteroatoms. The van der Waals surface area contributed by atoms with Crippen LogP contribution in [0.4, 0.5) is 11.4 Å². The Labute approximate surface area is 253 Å². The van der Waals surface area contributed by atoms with E-state index in [0.717, 1.165) is 49.5 Å². The molecule has 1 saturated heterocycles. The van der Waals surface area contributed by atoms with Gasteiger partial charge >= 0.3 is 0 Å². The summed E-state index contributed by atoms with van der Waals surface area (Å²) in [5, 5.41) is 0.554. The monoisotopic (exact) mass is 590 g/mol. The summed E-state index contributed by atoms with van der Waals surface area (Å²) < 4.78 is 11.2. The minimum Gasteiger partial charge on any atom is -0.496 e. The van der Waals surface area contributed by atoms with Crippen molar-refractivity contribution in [3.8, 4) is 5.75 Å². The zero-order chi connectivity index (χ0) is 29.5. The van der Waals surface area contributed by atoms with Crippen molar-refractivity contribution in [3.63, 3.8) is 0 Å². The lowest BCUT2D eigenvalue weighted by molar-refractivity contribution is -0.116. The van der Waals surface area contributed by atoms with Gasteiger partial charge in [-0.2, -0.15) is 0 Å². The van der Waals surface area contributed by atoms with Crippen LogP contribution in [0.5, 0.6) is 5.75 Å². The third kappa shape index (κ3) is 7.24. The fourth-order valence-electron chi connectivity index (χ4n) is 5.71. The summed E-state index contributed by atoms with van der Waals surface area (Å²) >= 11 is 6.43. The van der Waals surface area contributed by atoms with Crippen LogP contribution in [0.2, 0.25) is 5.02 Å². The van der Waals surface area contributed by atoms with Crippen LogP contribution in [-0.2, 0) is 22.6 Å². The van der Waals surface area contributed by atoms with Gasteiger partial charge in [0.1, 0.15) is 5.75 Å². The van der Waals surface area contributed by atoms with Crippen LogP contribution in [0.1, 0.15) is 34.8 Å². The molecule has 0 radical (unpaired) electrons. The number of rotatable bonds is 5. The highest BCUT2D eigenvalue weighted by molar-refractivity contribution is 6.31. The Hall–Kier alpha value is -3.59. The summed E-state index contributed by atoms with van der Waals surface area (Å²) in [5.41, 5.74) is 4.33. The molecule has 2 aliphatic rings. The third-order valence-corrected chi connectivity index (χ3v) is 8.18. The topological polar surface area (TPSA) is 65.6 Å². The van der Waals surface area contributed by atoms with E-state index in [0.29, 0.717) is 55.7 Å². The highest BCUT2D eigenvalue weighted by Gasteiger charge is 2.26. The van der Waals surface area contributed by atoms with Gasteiger partial charge in [0.15, 0.2) is 0 Å². The van der Waals surface area contributed by atoms with Gasteiger partial charge in [-0.3, -0.25) is 14.5 Å². The molecule has 0 saturated carbocycles. The van der Waals surface area contributed by atoms with Crippen LogP contribution in [0.25, 0.3) is 0 Å². The van der Waals surface area contributed by atoms with E-state index in [-0.39, 0.29) is 11.8 Å². The highest BCUT2D eigenvalue weighted by atomic mass is 35.5. The molecule has 0 N–H and O–H groups in total. The third-order valence-electron chi connectivity index (χ3n) is 7.95. The van der Waals surface area contributed by atoms with Crippen molar-refractivity contribution in [1.29, 1.82) is 0 Å². The number of fused-ring (bicyclic) bond motifs is 1. The second kappa shape index (κ2) is 14.1. The van der Waals surface area contributed by atoms with Crippen molar-refractivity contribution in [3.05, 3.63) is 88.4 Å². The summed E-state index contributed by atoms with van der Waals surface area (Å²) in [7, 11) is 1.59. The molecule has 0 bridgehead atoms. The molecule has 5 rings (SSSR count). The Morgan fingerprint density at radius 2 is 1.69 bits per heavy atom. The first-order valence-electron chi connectivity index (χ1n) is 14.6. The maximum absolute atomic E-state index is 14.4. The highest BCUT2D eigenvalue weighted by Crippen LogP contribution is 2.31. The van der Waals surface area contributed by atoms with Gasteiger partial charge in [0.2, 0.25) is 5.91 Å². The van der Waals surface area contributed by atoms with E-state index < -0.39 is 0 Å². The number of amides is 2. The van der Waals surface area contributed by atoms with Crippen molar-refractivity contribution in [2.75, 3.05) is 69.4 Å². The zero-order valence-electron chi connectivity index (χ0n) is 24.4. The quantitative estimate of drug-likeness (QED) is 0.413. The lowest BCUT2D eigenvalue weighted by Gasteiger charge is -2.31. The number of carbonyl (C=O) groups excluding carboxylic acids is 2. The number of hydrogen-bond acceptors (Lipinski definition) is 6. The van der Waals surface area contributed by atoms with Crippen LogP contribution >= 0.6 is 11.6 Å². The fraction of sp³-hybridized carbons (Fsp3) is 0.394. The van der Waals surface area contributed by atoms with Crippen LogP contribution in [0.3, 0.4) is 0 Å². The number of methoxy groups -OCH3 is 1. The normalized spacial score (nSPS) is 16.9. The Bertz CT molecular complexity index is 1380.